The lowest BCUT2D eigenvalue weighted by molar-refractivity contribution is -0.116. The SMILES string of the molecule is C[C@H](Nc1cccc2c1OCCO2)C(=O)Nc1cccc(C#N)c1. The van der Waals surface area contributed by atoms with Crippen LogP contribution in [0.1, 0.15) is 12.5 Å². The van der Waals surface area contributed by atoms with E-state index in [-0.39, 0.29) is 5.91 Å². The minimum Gasteiger partial charge on any atom is -0.486 e. The molecule has 0 unspecified atom stereocenters. The van der Waals surface area contributed by atoms with Gasteiger partial charge < -0.3 is 20.1 Å². The Labute approximate surface area is 140 Å². The minimum atomic E-state index is -0.493. The lowest BCUT2D eigenvalue weighted by Crippen LogP contribution is -2.32. The minimum absolute atomic E-state index is 0.209. The Hall–Kier alpha value is -3.20. The molecule has 1 aliphatic heterocycles. The fraction of sp³-hybridized carbons (Fsp3) is 0.222. The number of carbonyl (C=O) groups is 1. The Morgan fingerprint density at radius 2 is 2.00 bits per heavy atom. The van der Waals surface area contributed by atoms with Crippen LogP contribution in [0.5, 0.6) is 11.5 Å². The van der Waals surface area contributed by atoms with Gasteiger partial charge in [-0.3, -0.25) is 4.79 Å². The van der Waals surface area contributed by atoms with E-state index in [1.807, 2.05) is 24.3 Å². The highest BCUT2D eigenvalue weighted by Gasteiger charge is 2.19. The third kappa shape index (κ3) is 3.41. The number of hydrogen-bond donors (Lipinski definition) is 2. The van der Waals surface area contributed by atoms with E-state index >= 15 is 0 Å². The second kappa shape index (κ2) is 6.92. The van der Waals surface area contributed by atoms with Crippen LogP contribution < -0.4 is 20.1 Å². The monoisotopic (exact) mass is 323 g/mol. The van der Waals surface area contributed by atoms with Crippen molar-refractivity contribution in [3.05, 3.63) is 48.0 Å². The smallest absolute Gasteiger partial charge is 0.246 e. The molecule has 6 heteroatoms. The zero-order chi connectivity index (χ0) is 16.9. The lowest BCUT2D eigenvalue weighted by atomic mass is 10.2. The molecule has 2 aromatic rings. The molecule has 0 bridgehead atoms. The van der Waals surface area contributed by atoms with Crippen LogP contribution >= 0.6 is 0 Å². The van der Waals surface area contributed by atoms with Crippen molar-refractivity contribution in [2.45, 2.75) is 13.0 Å². The summed E-state index contributed by atoms with van der Waals surface area (Å²) in [6.45, 7) is 2.75. The highest BCUT2D eigenvalue weighted by molar-refractivity contribution is 5.96. The number of para-hydroxylation sites is 1. The van der Waals surface area contributed by atoms with Crippen LogP contribution in [0.3, 0.4) is 0 Å². The first kappa shape index (κ1) is 15.7. The maximum Gasteiger partial charge on any atom is 0.246 e. The van der Waals surface area contributed by atoms with E-state index < -0.39 is 6.04 Å². The van der Waals surface area contributed by atoms with Gasteiger partial charge >= 0.3 is 0 Å². The lowest BCUT2D eigenvalue weighted by Gasteiger charge is -2.23. The van der Waals surface area contributed by atoms with Gasteiger partial charge in [0.1, 0.15) is 19.3 Å². The van der Waals surface area contributed by atoms with Gasteiger partial charge in [0.15, 0.2) is 11.5 Å². The molecule has 0 saturated heterocycles. The highest BCUT2D eigenvalue weighted by Crippen LogP contribution is 2.37. The van der Waals surface area contributed by atoms with Crippen molar-refractivity contribution < 1.29 is 14.3 Å². The third-order valence-corrected chi connectivity index (χ3v) is 3.59. The molecular weight excluding hydrogens is 306 g/mol. The molecule has 1 heterocycles. The van der Waals surface area contributed by atoms with E-state index in [0.717, 1.165) is 0 Å². The number of rotatable bonds is 4. The number of benzene rings is 2. The molecule has 1 amide bonds. The first-order valence-corrected chi connectivity index (χ1v) is 7.63. The summed E-state index contributed by atoms with van der Waals surface area (Å²) in [4.78, 5) is 12.4. The van der Waals surface area contributed by atoms with E-state index in [1.54, 1.807) is 31.2 Å². The summed E-state index contributed by atoms with van der Waals surface area (Å²) < 4.78 is 11.2. The fourth-order valence-corrected chi connectivity index (χ4v) is 2.40. The van der Waals surface area contributed by atoms with Gasteiger partial charge in [-0.05, 0) is 37.3 Å². The summed E-state index contributed by atoms with van der Waals surface area (Å²) in [6.07, 6.45) is 0. The predicted octanol–water partition coefficient (Wildman–Crippen LogP) is 2.77. The molecular formula is C18H17N3O3. The standard InChI is InChI=1S/C18H17N3O3/c1-12(18(22)21-14-5-2-4-13(10-14)11-19)20-15-6-3-7-16-17(15)24-9-8-23-16/h2-7,10,12,20H,8-9H2,1H3,(H,21,22)/t12-/m0/s1. The zero-order valence-corrected chi connectivity index (χ0v) is 13.2. The Balaban J connectivity index is 1.69. The normalized spacial score (nSPS) is 13.5. The first-order chi connectivity index (χ1) is 11.7. The molecule has 0 saturated carbocycles. The van der Waals surface area contributed by atoms with E-state index in [1.165, 1.54) is 0 Å². The number of nitrogens with zero attached hydrogens (tertiary/aromatic N) is 1. The molecule has 0 aromatic heterocycles. The first-order valence-electron chi connectivity index (χ1n) is 7.63. The molecule has 2 N–H and O–H groups in total. The van der Waals surface area contributed by atoms with Crippen LogP contribution in [0, 0.1) is 11.3 Å². The summed E-state index contributed by atoms with van der Waals surface area (Å²) in [7, 11) is 0. The second-order valence-electron chi connectivity index (χ2n) is 5.38. The van der Waals surface area contributed by atoms with Gasteiger partial charge in [-0.2, -0.15) is 5.26 Å². The van der Waals surface area contributed by atoms with E-state index in [4.69, 9.17) is 14.7 Å². The van der Waals surface area contributed by atoms with Crippen LogP contribution in [0.4, 0.5) is 11.4 Å². The summed E-state index contributed by atoms with van der Waals surface area (Å²) in [5.41, 5.74) is 1.79. The third-order valence-electron chi connectivity index (χ3n) is 3.59. The topological polar surface area (TPSA) is 83.4 Å². The van der Waals surface area contributed by atoms with Crippen molar-refractivity contribution in [3.63, 3.8) is 0 Å². The van der Waals surface area contributed by atoms with Crippen molar-refractivity contribution in [1.29, 1.82) is 5.26 Å². The summed E-state index contributed by atoms with van der Waals surface area (Å²) in [5, 5.41) is 14.8. The van der Waals surface area contributed by atoms with Gasteiger partial charge in [0.05, 0.1) is 17.3 Å². The summed E-state index contributed by atoms with van der Waals surface area (Å²) >= 11 is 0. The van der Waals surface area contributed by atoms with Crippen molar-refractivity contribution in [1.82, 2.24) is 0 Å². The van der Waals surface area contributed by atoms with E-state index in [2.05, 4.69) is 10.6 Å². The molecule has 6 nitrogen and oxygen atoms in total. The number of amides is 1. The molecule has 1 aliphatic rings. The molecule has 0 aliphatic carbocycles. The fourth-order valence-electron chi connectivity index (χ4n) is 2.40. The van der Waals surface area contributed by atoms with Crippen LogP contribution in [0.2, 0.25) is 0 Å². The molecule has 0 spiro atoms. The molecule has 3 rings (SSSR count). The molecule has 0 radical (unpaired) electrons. The van der Waals surface area contributed by atoms with Crippen LogP contribution in [-0.4, -0.2) is 25.2 Å². The number of nitriles is 1. The number of hydrogen-bond acceptors (Lipinski definition) is 5. The Morgan fingerprint density at radius 3 is 2.83 bits per heavy atom. The largest absolute Gasteiger partial charge is 0.486 e. The number of anilines is 2. The van der Waals surface area contributed by atoms with Crippen molar-refractivity contribution in [2.75, 3.05) is 23.8 Å². The Morgan fingerprint density at radius 1 is 1.21 bits per heavy atom. The quantitative estimate of drug-likeness (QED) is 0.904. The van der Waals surface area contributed by atoms with Gasteiger partial charge in [0, 0.05) is 5.69 Å². The van der Waals surface area contributed by atoms with E-state index in [0.29, 0.717) is 41.7 Å². The number of carbonyl (C=O) groups excluding carboxylic acids is 1. The van der Waals surface area contributed by atoms with E-state index in [9.17, 15) is 4.79 Å². The van der Waals surface area contributed by atoms with Crippen LogP contribution in [0.25, 0.3) is 0 Å². The number of nitrogens with one attached hydrogen (secondary N) is 2. The average molecular weight is 323 g/mol. The summed E-state index contributed by atoms with van der Waals surface area (Å²) in [5.74, 6) is 1.08. The average Bonchev–Trinajstić information content (AvgIpc) is 2.62. The maximum absolute atomic E-state index is 12.4. The van der Waals surface area contributed by atoms with Gasteiger partial charge in [0.25, 0.3) is 0 Å². The highest BCUT2D eigenvalue weighted by atomic mass is 16.6. The molecule has 122 valence electrons. The Bertz CT molecular complexity index is 798. The number of fused-ring (bicyclic) bond motifs is 1. The van der Waals surface area contributed by atoms with Crippen LogP contribution in [-0.2, 0) is 4.79 Å². The second-order valence-corrected chi connectivity index (χ2v) is 5.38. The predicted molar refractivity (Wildman–Crippen MR) is 90.3 cm³/mol. The molecule has 2 aromatic carbocycles. The van der Waals surface area contributed by atoms with Crippen LogP contribution in [0.15, 0.2) is 42.5 Å². The van der Waals surface area contributed by atoms with Crippen molar-refractivity contribution >= 4 is 17.3 Å². The Kier molecular flexibility index (Phi) is 4.52. The van der Waals surface area contributed by atoms with Gasteiger partial charge in [-0.15, -0.1) is 0 Å². The summed E-state index contributed by atoms with van der Waals surface area (Å²) in [6, 6.07) is 13.9. The zero-order valence-electron chi connectivity index (χ0n) is 13.2. The number of ether oxygens (including phenoxy) is 2. The van der Waals surface area contributed by atoms with Gasteiger partial charge in [0.2, 0.25) is 5.91 Å². The van der Waals surface area contributed by atoms with Crippen molar-refractivity contribution in [2.24, 2.45) is 0 Å². The van der Waals surface area contributed by atoms with Crippen molar-refractivity contribution in [3.8, 4) is 17.6 Å². The maximum atomic E-state index is 12.4. The molecule has 24 heavy (non-hydrogen) atoms. The van der Waals surface area contributed by atoms with Gasteiger partial charge in [-0.1, -0.05) is 12.1 Å². The van der Waals surface area contributed by atoms with Gasteiger partial charge in [-0.25, -0.2) is 0 Å². The molecule has 0 fully saturated rings. The molecule has 1 atom stereocenters.